The maximum absolute atomic E-state index is 10.2. The third kappa shape index (κ3) is 6.91. The predicted molar refractivity (Wildman–Crippen MR) is 47.2 cm³/mol. The van der Waals surface area contributed by atoms with Crippen LogP contribution in [0.3, 0.4) is 0 Å². The van der Waals surface area contributed by atoms with Gasteiger partial charge in [0.05, 0.1) is 5.60 Å². The van der Waals surface area contributed by atoms with Crippen LogP contribution >= 0.6 is 0 Å². The number of hydrogen-bond donors (Lipinski definition) is 2. The fourth-order valence-electron chi connectivity index (χ4n) is 0.760. The molecule has 0 fully saturated rings. The first-order valence-corrected chi connectivity index (χ1v) is 4.93. The van der Waals surface area contributed by atoms with Crippen molar-refractivity contribution in [1.29, 1.82) is 0 Å². The van der Waals surface area contributed by atoms with Crippen molar-refractivity contribution >= 4 is 10.4 Å². The highest BCUT2D eigenvalue weighted by Crippen LogP contribution is 2.21. The minimum atomic E-state index is -4.68. The number of hydrogen-bond acceptors (Lipinski definition) is 5. The molecule has 0 heterocycles. The zero-order valence-corrected chi connectivity index (χ0v) is 8.93. The van der Waals surface area contributed by atoms with Gasteiger partial charge in [-0.3, -0.25) is 4.18 Å². The Balaban J connectivity index is 0. The zero-order valence-electron chi connectivity index (χ0n) is 8.11. The van der Waals surface area contributed by atoms with E-state index in [2.05, 4.69) is 4.18 Å². The van der Waals surface area contributed by atoms with E-state index in [4.69, 9.17) is 5.11 Å². The summed E-state index contributed by atoms with van der Waals surface area (Å²) in [5.74, 6) is 0. The fraction of sp³-hybridized carbons (Fsp3) is 1.00. The predicted octanol–water partition coefficient (Wildman–Crippen LogP) is 0.391. The van der Waals surface area contributed by atoms with Crippen molar-refractivity contribution < 1.29 is 22.3 Å². The smallest absolute Gasteiger partial charge is 0.218 e. The molecule has 0 aromatic heterocycles. The van der Waals surface area contributed by atoms with E-state index in [1.165, 1.54) is 6.92 Å². The van der Waals surface area contributed by atoms with E-state index in [0.29, 0.717) is 6.42 Å². The van der Waals surface area contributed by atoms with Crippen molar-refractivity contribution in [3.8, 4) is 0 Å². The monoisotopic (exact) mass is 215 g/mol. The van der Waals surface area contributed by atoms with Crippen molar-refractivity contribution in [2.24, 2.45) is 0 Å². The maximum Gasteiger partial charge on any atom is 0.218 e. The van der Waals surface area contributed by atoms with Crippen LogP contribution in [-0.2, 0) is 14.6 Å². The quantitative estimate of drug-likeness (QED) is 0.507. The van der Waals surface area contributed by atoms with Gasteiger partial charge in [-0.1, -0.05) is 6.92 Å². The van der Waals surface area contributed by atoms with Crippen LogP contribution in [0.15, 0.2) is 0 Å². The second-order valence-corrected chi connectivity index (χ2v) is 3.75. The van der Waals surface area contributed by atoms with Crippen LogP contribution in [0.5, 0.6) is 0 Å². The van der Waals surface area contributed by atoms with Crippen LogP contribution in [0, 0.1) is 0 Å². The van der Waals surface area contributed by atoms with Gasteiger partial charge < -0.3 is 15.8 Å². The molecule has 82 valence electrons. The first kappa shape index (κ1) is 15.3. The Kier molecular flexibility index (Phi) is 6.47. The Labute approximate surface area is 78.4 Å². The topological polar surface area (TPSA) is 123 Å². The van der Waals surface area contributed by atoms with Crippen LogP contribution in [0.25, 0.3) is 0 Å². The number of aliphatic hydroxyl groups excluding tert-OH is 1. The van der Waals surface area contributed by atoms with Crippen molar-refractivity contribution in [1.82, 2.24) is 6.15 Å². The molecule has 6 nitrogen and oxygen atoms in total. The molecular formula is C6H17NO5S. The van der Waals surface area contributed by atoms with Crippen molar-refractivity contribution in [3.63, 3.8) is 0 Å². The molecule has 0 aromatic carbocycles. The lowest BCUT2D eigenvalue weighted by Gasteiger charge is -2.28. The standard InChI is InChI=1S/C6H14O5S.H3N/c1-3-6(2,4-5-7)11-12(8,9)10;/h7H,3-5H2,1-2H3,(H,8,9,10);1H3. The summed E-state index contributed by atoms with van der Waals surface area (Å²) in [6.07, 6.45) is 0.486. The van der Waals surface area contributed by atoms with Crippen molar-refractivity contribution in [2.75, 3.05) is 6.61 Å². The fourth-order valence-corrected chi connectivity index (χ4v) is 1.45. The van der Waals surface area contributed by atoms with E-state index in [-0.39, 0.29) is 19.2 Å². The first-order valence-electron chi connectivity index (χ1n) is 3.60. The minimum absolute atomic E-state index is 0. The summed E-state index contributed by atoms with van der Waals surface area (Å²) in [4.78, 5) is 0. The highest BCUT2D eigenvalue weighted by molar-refractivity contribution is 7.80. The Morgan fingerprint density at radius 3 is 2.23 bits per heavy atom. The van der Waals surface area contributed by atoms with Crippen LogP contribution in [0.4, 0.5) is 0 Å². The minimum Gasteiger partial charge on any atom is -0.726 e. The molecule has 0 spiro atoms. The number of quaternary nitrogens is 1. The summed E-state index contributed by atoms with van der Waals surface area (Å²) in [7, 11) is -4.68. The van der Waals surface area contributed by atoms with Gasteiger partial charge >= 0.3 is 0 Å². The SMILES string of the molecule is CCC(C)(CCO)OS(=O)(=O)[O-].[NH4+]. The van der Waals surface area contributed by atoms with E-state index in [9.17, 15) is 13.0 Å². The first-order chi connectivity index (χ1) is 5.33. The molecule has 0 rings (SSSR count). The Morgan fingerprint density at radius 2 is 2.00 bits per heavy atom. The molecule has 0 radical (unpaired) electrons. The Morgan fingerprint density at radius 1 is 1.54 bits per heavy atom. The maximum atomic E-state index is 10.2. The third-order valence-corrected chi connectivity index (χ3v) is 2.30. The summed E-state index contributed by atoms with van der Waals surface area (Å²) in [5.41, 5.74) is -1.07. The second kappa shape index (κ2) is 5.51. The molecule has 0 aliphatic carbocycles. The van der Waals surface area contributed by atoms with Gasteiger partial charge in [0.15, 0.2) is 0 Å². The molecule has 0 aliphatic rings. The summed E-state index contributed by atoms with van der Waals surface area (Å²) < 4.78 is 34.9. The van der Waals surface area contributed by atoms with E-state index in [1.54, 1.807) is 6.92 Å². The number of rotatable bonds is 5. The summed E-state index contributed by atoms with van der Waals surface area (Å²) in [5, 5.41) is 8.55. The molecule has 0 saturated carbocycles. The van der Waals surface area contributed by atoms with E-state index in [1.807, 2.05) is 0 Å². The molecule has 0 bridgehead atoms. The van der Waals surface area contributed by atoms with E-state index >= 15 is 0 Å². The molecule has 0 aromatic rings. The lowest BCUT2D eigenvalue weighted by molar-refractivity contribution is 0.0485. The Hall–Kier alpha value is -0.210. The van der Waals surface area contributed by atoms with Gasteiger partial charge in [0, 0.05) is 13.0 Å². The van der Waals surface area contributed by atoms with Crippen molar-refractivity contribution in [3.05, 3.63) is 0 Å². The van der Waals surface area contributed by atoms with E-state index < -0.39 is 16.0 Å². The van der Waals surface area contributed by atoms with Gasteiger partial charge in [0.25, 0.3) is 0 Å². The summed E-state index contributed by atoms with van der Waals surface area (Å²) in [6, 6.07) is 0. The average molecular weight is 215 g/mol. The van der Waals surface area contributed by atoms with Gasteiger partial charge in [-0.25, -0.2) is 8.42 Å². The number of aliphatic hydroxyl groups is 1. The van der Waals surface area contributed by atoms with Crippen LogP contribution < -0.4 is 6.15 Å². The highest BCUT2D eigenvalue weighted by Gasteiger charge is 2.25. The van der Waals surface area contributed by atoms with E-state index in [0.717, 1.165) is 0 Å². The summed E-state index contributed by atoms with van der Waals surface area (Å²) >= 11 is 0. The molecule has 7 heteroatoms. The lowest BCUT2D eigenvalue weighted by Crippen LogP contribution is -2.31. The van der Waals surface area contributed by atoms with Gasteiger partial charge in [0.2, 0.25) is 10.4 Å². The van der Waals surface area contributed by atoms with Gasteiger partial charge in [-0.15, -0.1) is 0 Å². The van der Waals surface area contributed by atoms with Crippen LogP contribution in [0.1, 0.15) is 26.7 Å². The molecule has 1 unspecified atom stereocenters. The molecule has 0 amide bonds. The van der Waals surface area contributed by atoms with Crippen LogP contribution in [0.2, 0.25) is 0 Å². The molecule has 0 saturated heterocycles. The lowest BCUT2D eigenvalue weighted by atomic mass is 10.0. The van der Waals surface area contributed by atoms with Crippen LogP contribution in [-0.4, -0.2) is 30.3 Å². The summed E-state index contributed by atoms with van der Waals surface area (Å²) in [6.45, 7) is 2.94. The van der Waals surface area contributed by atoms with Gasteiger partial charge in [-0.05, 0) is 13.3 Å². The van der Waals surface area contributed by atoms with Gasteiger partial charge in [-0.2, -0.15) is 0 Å². The van der Waals surface area contributed by atoms with Crippen molar-refractivity contribution in [2.45, 2.75) is 32.3 Å². The second-order valence-electron chi connectivity index (χ2n) is 2.77. The van der Waals surface area contributed by atoms with Gasteiger partial charge in [0.1, 0.15) is 0 Å². The normalized spacial score (nSPS) is 16.0. The average Bonchev–Trinajstić information content (AvgIpc) is 1.84. The molecule has 1 atom stereocenters. The molecule has 13 heavy (non-hydrogen) atoms. The molecular weight excluding hydrogens is 198 g/mol. The highest BCUT2D eigenvalue weighted by atomic mass is 32.3. The zero-order chi connectivity index (χ0) is 9.83. The Bertz CT molecular complexity index is 227. The third-order valence-electron chi connectivity index (χ3n) is 1.69. The largest absolute Gasteiger partial charge is 0.726 e. The molecule has 0 aliphatic heterocycles. The molecule has 5 N–H and O–H groups in total.